The van der Waals surface area contributed by atoms with Gasteiger partial charge in [-0.2, -0.15) is 0 Å². The topological polar surface area (TPSA) is 76.2 Å². The van der Waals surface area contributed by atoms with Crippen LogP contribution in [0.5, 0.6) is 11.5 Å². The van der Waals surface area contributed by atoms with E-state index in [-0.39, 0.29) is 5.91 Å². The second kappa shape index (κ2) is 7.25. The molecule has 1 amide bonds. The molecular weight excluding hydrogens is 318 g/mol. The Labute approximate surface area is 146 Å². The average molecular weight is 339 g/mol. The molecule has 0 spiro atoms. The Hall–Kier alpha value is -3.02. The van der Waals surface area contributed by atoms with Crippen molar-refractivity contribution in [3.05, 3.63) is 53.3 Å². The van der Waals surface area contributed by atoms with Crippen LogP contribution in [-0.4, -0.2) is 36.6 Å². The Kier molecular flexibility index (Phi) is 4.88. The van der Waals surface area contributed by atoms with Gasteiger partial charge in [0.1, 0.15) is 22.8 Å². The number of carbonyl (C=O) groups excluding carboxylic acids is 1. The maximum absolute atomic E-state index is 12.5. The highest BCUT2D eigenvalue weighted by molar-refractivity contribution is 6.04. The molecule has 0 aliphatic rings. The molecule has 2 aromatic carbocycles. The van der Waals surface area contributed by atoms with E-state index in [1.165, 1.54) is 0 Å². The molecule has 0 aliphatic carbocycles. The first kappa shape index (κ1) is 16.8. The number of amides is 1. The summed E-state index contributed by atoms with van der Waals surface area (Å²) in [5, 5.41) is 2.95. The zero-order valence-electron chi connectivity index (χ0n) is 14.6. The van der Waals surface area contributed by atoms with Gasteiger partial charge >= 0.3 is 0 Å². The molecule has 0 unspecified atom stereocenters. The monoisotopic (exact) mass is 339 g/mol. The van der Waals surface area contributed by atoms with E-state index in [1.54, 1.807) is 20.3 Å². The van der Waals surface area contributed by atoms with Gasteiger partial charge in [-0.1, -0.05) is 6.07 Å². The fourth-order valence-corrected chi connectivity index (χ4v) is 2.82. The first-order valence-corrected chi connectivity index (χ1v) is 8.07. The third kappa shape index (κ3) is 3.57. The molecule has 0 fully saturated rings. The van der Waals surface area contributed by atoms with Crippen molar-refractivity contribution < 1.29 is 14.3 Å². The number of aryl methyl sites for hydroxylation is 1. The number of H-pyrrole nitrogens is 1. The van der Waals surface area contributed by atoms with E-state index in [1.807, 2.05) is 37.3 Å². The summed E-state index contributed by atoms with van der Waals surface area (Å²) in [5.74, 6) is 2.19. The Morgan fingerprint density at radius 1 is 1.20 bits per heavy atom. The Morgan fingerprint density at radius 3 is 2.80 bits per heavy atom. The zero-order chi connectivity index (χ0) is 17.8. The molecule has 1 heterocycles. The molecular formula is C19H21N3O3. The summed E-state index contributed by atoms with van der Waals surface area (Å²) in [5.41, 5.74) is 3.10. The number of fused-ring (bicyclic) bond motifs is 1. The Balaban J connectivity index is 1.70. The third-order valence-electron chi connectivity index (χ3n) is 4.04. The maximum Gasteiger partial charge on any atom is 0.253 e. The number of nitrogens with one attached hydrogen (secondary N) is 2. The van der Waals surface area contributed by atoms with Crippen molar-refractivity contribution in [2.24, 2.45) is 0 Å². The van der Waals surface area contributed by atoms with Crippen molar-refractivity contribution in [1.82, 2.24) is 15.3 Å². The number of benzene rings is 2. The lowest BCUT2D eigenvalue weighted by atomic mass is 10.1. The number of nitrogens with zero attached hydrogens (tertiary/aromatic N) is 1. The first-order chi connectivity index (χ1) is 12.1. The smallest absolute Gasteiger partial charge is 0.253 e. The number of aromatic amines is 1. The quantitative estimate of drug-likeness (QED) is 0.724. The van der Waals surface area contributed by atoms with Gasteiger partial charge in [0.15, 0.2) is 0 Å². The number of ether oxygens (including phenoxy) is 2. The number of methoxy groups -OCH3 is 2. The molecule has 6 heteroatoms. The van der Waals surface area contributed by atoms with Crippen LogP contribution in [0.3, 0.4) is 0 Å². The van der Waals surface area contributed by atoms with Gasteiger partial charge in [-0.05, 0) is 49.2 Å². The van der Waals surface area contributed by atoms with Crippen molar-refractivity contribution in [1.29, 1.82) is 0 Å². The molecule has 0 atom stereocenters. The van der Waals surface area contributed by atoms with Crippen molar-refractivity contribution >= 4 is 16.9 Å². The van der Waals surface area contributed by atoms with E-state index >= 15 is 0 Å². The van der Waals surface area contributed by atoms with E-state index in [0.29, 0.717) is 24.0 Å². The largest absolute Gasteiger partial charge is 0.497 e. The molecule has 0 saturated carbocycles. The van der Waals surface area contributed by atoms with Crippen molar-refractivity contribution in [2.45, 2.75) is 13.3 Å². The summed E-state index contributed by atoms with van der Waals surface area (Å²) >= 11 is 0. The van der Waals surface area contributed by atoms with Crippen LogP contribution in [0.15, 0.2) is 36.4 Å². The summed E-state index contributed by atoms with van der Waals surface area (Å²) < 4.78 is 10.6. The van der Waals surface area contributed by atoms with Crippen LogP contribution >= 0.6 is 0 Å². The summed E-state index contributed by atoms with van der Waals surface area (Å²) in [4.78, 5) is 20.1. The number of para-hydroxylation sites is 1. The third-order valence-corrected chi connectivity index (χ3v) is 4.04. The number of hydrogen-bond donors (Lipinski definition) is 2. The summed E-state index contributed by atoms with van der Waals surface area (Å²) in [7, 11) is 3.25. The van der Waals surface area contributed by atoms with Crippen LogP contribution in [0.1, 0.15) is 21.7 Å². The van der Waals surface area contributed by atoms with E-state index in [9.17, 15) is 4.79 Å². The van der Waals surface area contributed by atoms with Gasteiger partial charge < -0.3 is 19.8 Å². The number of hydrogen-bond acceptors (Lipinski definition) is 4. The van der Waals surface area contributed by atoms with E-state index in [0.717, 1.165) is 28.4 Å². The fourth-order valence-electron chi connectivity index (χ4n) is 2.82. The second-order valence-electron chi connectivity index (χ2n) is 5.71. The first-order valence-electron chi connectivity index (χ1n) is 8.07. The molecule has 0 bridgehead atoms. The second-order valence-corrected chi connectivity index (χ2v) is 5.71. The Bertz CT molecular complexity index is 902. The number of aromatic nitrogens is 2. The summed E-state index contributed by atoms with van der Waals surface area (Å²) in [6.07, 6.45) is 0.641. The van der Waals surface area contributed by atoms with Gasteiger partial charge in [-0.3, -0.25) is 4.79 Å². The lowest BCUT2D eigenvalue weighted by Gasteiger charge is -2.11. The van der Waals surface area contributed by atoms with E-state index in [4.69, 9.17) is 9.47 Å². The van der Waals surface area contributed by atoms with Gasteiger partial charge in [0.05, 0.1) is 25.3 Å². The number of rotatable bonds is 6. The standard InChI is InChI=1S/C19H21N3O3/c1-12-21-16-6-4-5-15(18(16)22-12)19(23)20-10-9-13-11-14(24-2)7-8-17(13)25-3/h4-8,11H,9-10H2,1-3H3,(H,20,23)(H,21,22). The molecule has 25 heavy (non-hydrogen) atoms. The van der Waals surface area contributed by atoms with E-state index in [2.05, 4.69) is 15.3 Å². The molecule has 1 aromatic heterocycles. The van der Waals surface area contributed by atoms with Crippen molar-refractivity contribution in [3.63, 3.8) is 0 Å². The predicted molar refractivity (Wildman–Crippen MR) is 96.4 cm³/mol. The van der Waals surface area contributed by atoms with Gasteiger partial charge in [-0.15, -0.1) is 0 Å². The normalized spacial score (nSPS) is 10.7. The predicted octanol–water partition coefficient (Wildman–Crippen LogP) is 2.86. The molecule has 3 aromatic rings. The molecule has 3 rings (SSSR count). The van der Waals surface area contributed by atoms with Crippen LogP contribution in [0, 0.1) is 6.92 Å². The highest BCUT2D eigenvalue weighted by Crippen LogP contribution is 2.24. The zero-order valence-corrected chi connectivity index (χ0v) is 14.6. The summed E-state index contributed by atoms with van der Waals surface area (Å²) in [6, 6.07) is 11.2. The maximum atomic E-state index is 12.5. The highest BCUT2D eigenvalue weighted by Gasteiger charge is 2.13. The molecule has 0 aliphatic heterocycles. The van der Waals surface area contributed by atoms with Crippen LogP contribution in [0.4, 0.5) is 0 Å². The van der Waals surface area contributed by atoms with Crippen molar-refractivity contribution in [3.8, 4) is 11.5 Å². The van der Waals surface area contributed by atoms with Crippen LogP contribution < -0.4 is 14.8 Å². The SMILES string of the molecule is COc1ccc(OC)c(CCNC(=O)c2cccc3[nH]c(C)nc23)c1. The summed E-state index contributed by atoms with van der Waals surface area (Å²) in [6.45, 7) is 2.36. The molecule has 6 nitrogen and oxygen atoms in total. The van der Waals surface area contributed by atoms with Gasteiger partial charge in [0.2, 0.25) is 0 Å². The minimum atomic E-state index is -0.140. The lowest BCUT2D eigenvalue weighted by molar-refractivity contribution is 0.0955. The average Bonchev–Trinajstić information content (AvgIpc) is 3.01. The highest BCUT2D eigenvalue weighted by atomic mass is 16.5. The number of imidazole rings is 1. The molecule has 0 saturated heterocycles. The van der Waals surface area contributed by atoms with Crippen molar-refractivity contribution in [2.75, 3.05) is 20.8 Å². The van der Waals surface area contributed by atoms with Crippen LogP contribution in [-0.2, 0) is 6.42 Å². The minimum absolute atomic E-state index is 0.140. The molecule has 2 N–H and O–H groups in total. The van der Waals surface area contributed by atoms with Crippen LogP contribution in [0.25, 0.3) is 11.0 Å². The van der Waals surface area contributed by atoms with E-state index < -0.39 is 0 Å². The Morgan fingerprint density at radius 2 is 2.04 bits per heavy atom. The van der Waals surface area contributed by atoms with Gasteiger partial charge in [0.25, 0.3) is 5.91 Å². The van der Waals surface area contributed by atoms with Crippen LogP contribution in [0.2, 0.25) is 0 Å². The fraction of sp³-hybridized carbons (Fsp3) is 0.263. The van der Waals surface area contributed by atoms with Gasteiger partial charge in [-0.25, -0.2) is 4.98 Å². The molecule has 0 radical (unpaired) electrons. The minimum Gasteiger partial charge on any atom is -0.497 e. The number of carbonyl (C=O) groups is 1. The lowest BCUT2D eigenvalue weighted by Crippen LogP contribution is -2.26. The van der Waals surface area contributed by atoms with Gasteiger partial charge in [0, 0.05) is 6.54 Å². The molecule has 130 valence electrons.